The highest BCUT2D eigenvalue weighted by molar-refractivity contribution is 5.76. The van der Waals surface area contributed by atoms with Gasteiger partial charge in [-0.1, -0.05) is 36.4 Å². The first-order valence-corrected chi connectivity index (χ1v) is 7.62. The van der Waals surface area contributed by atoms with E-state index >= 15 is 0 Å². The molecule has 122 valence electrons. The molecule has 2 heterocycles. The van der Waals surface area contributed by atoms with E-state index in [-0.39, 0.29) is 24.1 Å². The van der Waals surface area contributed by atoms with E-state index in [0.29, 0.717) is 0 Å². The summed E-state index contributed by atoms with van der Waals surface area (Å²) in [5.74, 6) is 0.482. The van der Waals surface area contributed by atoms with Crippen LogP contribution >= 0.6 is 0 Å². The van der Waals surface area contributed by atoms with Crippen molar-refractivity contribution in [3.8, 4) is 0 Å². The first-order chi connectivity index (χ1) is 11.6. The van der Waals surface area contributed by atoms with Gasteiger partial charge < -0.3 is 14.5 Å². The molecule has 0 saturated carbocycles. The van der Waals surface area contributed by atoms with Crippen molar-refractivity contribution in [3.05, 3.63) is 88.9 Å². The Morgan fingerprint density at radius 2 is 1.88 bits per heavy atom. The third kappa shape index (κ3) is 3.43. The maximum atomic E-state index is 12.4. The van der Waals surface area contributed by atoms with Gasteiger partial charge in [-0.05, 0) is 11.6 Å². The Bertz CT molecular complexity index is 883. The Morgan fingerprint density at radius 1 is 1.12 bits per heavy atom. The average molecular weight is 322 g/mol. The molecule has 0 fully saturated rings. The molecule has 3 rings (SSSR count). The SMILES string of the molecule is Cn1ccnc1[C@@H](NC(=O)Cn1ccccc1=O)c1ccccc1. The van der Waals surface area contributed by atoms with Crippen LogP contribution in [0, 0.1) is 0 Å². The summed E-state index contributed by atoms with van der Waals surface area (Å²) in [4.78, 5) is 28.6. The minimum Gasteiger partial charge on any atom is -0.341 e. The van der Waals surface area contributed by atoms with E-state index in [1.54, 1.807) is 24.5 Å². The van der Waals surface area contributed by atoms with Gasteiger partial charge in [0, 0.05) is 31.7 Å². The summed E-state index contributed by atoms with van der Waals surface area (Å²) >= 11 is 0. The number of nitrogens with one attached hydrogen (secondary N) is 1. The molecular formula is C18H18N4O2. The van der Waals surface area contributed by atoms with Crippen molar-refractivity contribution in [3.63, 3.8) is 0 Å². The highest BCUT2D eigenvalue weighted by atomic mass is 16.2. The Morgan fingerprint density at radius 3 is 2.54 bits per heavy atom. The standard InChI is InChI=1S/C18H18N4O2/c1-21-12-10-19-18(21)17(14-7-3-2-4-8-14)20-15(23)13-22-11-6-5-9-16(22)24/h2-12,17H,13H2,1H3,(H,20,23)/t17-/m0/s1. The number of nitrogens with zero attached hydrogens (tertiary/aromatic N) is 3. The van der Waals surface area contributed by atoms with Gasteiger partial charge in [-0.15, -0.1) is 0 Å². The molecule has 0 saturated heterocycles. The number of carbonyl (C=O) groups excluding carboxylic acids is 1. The minimum atomic E-state index is -0.377. The lowest BCUT2D eigenvalue weighted by atomic mass is 10.1. The second-order valence-corrected chi connectivity index (χ2v) is 5.47. The topological polar surface area (TPSA) is 68.9 Å². The quantitative estimate of drug-likeness (QED) is 0.774. The van der Waals surface area contributed by atoms with E-state index in [1.165, 1.54) is 10.6 Å². The summed E-state index contributed by atoms with van der Waals surface area (Å²) in [6.45, 7) is -0.0343. The highest BCUT2D eigenvalue weighted by Crippen LogP contribution is 2.20. The normalized spacial score (nSPS) is 11.9. The van der Waals surface area contributed by atoms with Crippen LogP contribution in [-0.2, 0) is 18.4 Å². The summed E-state index contributed by atoms with van der Waals surface area (Å²) < 4.78 is 3.24. The largest absolute Gasteiger partial charge is 0.341 e. The summed E-state index contributed by atoms with van der Waals surface area (Å²) in [6, 6.07) is 14.1. The van der Waals surface area contributed by atoms with Crippen LogP contribution in [0.2, 0.25) is 0 Å². The lowest BCUT2D eigenvalue weighted by Gasteiger charge is -2.19. The fourth-order valence-corrected chi connectivity index (χ4v) is 2.55. The zero-order valence-electron chi connectivity index (χ0n) is 13.3. The Balaban J connectivity index is 1.85. The number of imidazole rings is 1. The molecule has 1 N–H and O–H groups in total. The molecule has 0 aliphatic rings. The zero-order chi connectivity index (χ0) is 16.9. The maximum absolute atomic E-state index is 12.4. The molecule has 0 aliphatic carbocycles. The van der Waals surface area contributed by atoms with Crippen molar-refractivity contribution >= 4 is 5.91 Å². The van der Waals surface area contributed by atoms with Crippen LogP contribution in [-0.4, -0.2) is 20.0 Å². The van der Waals surface area contributed by atoms with Gasteiger partial charge in [0.1, 0.15) is 18.4 Å². The van der Waals surface area contributed by atoms with E-state index in [0.717, 1.165) is 11.4 Å². The molecule has 1 aromatic carbocycles. The van der Waals surface area contributed by atoms with Crippen LogP contribution in [0.15, 0.2) is 71.9 Å². The zero-order valence-corrected chi connectivity index (χ0v) is 13.3. The lowest BCUT2D eigenvalue weighted by Crippen LogP contribution is -2.35. The van der Waals surface area contributed by atoms with E-state index in [2.05, 4.69) is 10.3 Å². The molecule has 6 heteroatoms. The van der Waals surface area contributed by atoms with Crippen molar-refractivity contribution < 1.29 is 4.79 Å². The number of hydrogen-bond donors (Lipinski definition) is 1. The number of aryl methyl sites for hydroxylation is 1. The van der Waals surface area contributed by atoms with E-state index < -0.39 is 0 Å². The smallest absolute Gasteiger partial charge is 0.250 e. The second-order valence-electron chi connectivity index (χ2n) is 5.47. The highest BCUT2D eigenvalue weighted by Gasteiger charge is 2.20. The summed E-state index contributed by atoms with van der Waals surface area (Å²) in [5, 5.41) is 2.97. The van der Waals surface area contributed by atoms with Crippen LogP contribution in [0.5, 0.6) is 0 Å². The fraction of sp³-hybridized carbons (Fsp3) is 0.167. The molecule has 0 unspecified atom stereocenters. The third-order valence-electron chi connectivity index (χ3n) is 3.77. The predicted molar refractivity (Wildman–Crippen MR) is 90.3 cm³/mol. The molecule has 0 spiro atoms. The van der Waals surface area contributed by atoms with Gasteiger partial charge in [0.05, 0.1) is 0 Å². The number of carbonyl (C=O) groups is 1. The number of hydrogen-bond acceptors (Lipinski definition) is 3. The molecule has 6 nitrogen and oxygen atoms in total. The monoisotopic (exact) mass is 322 g/mol. The van der Waals surface area contributed by atoms with E-state index in [1.807, 2.05) is 48.1 Å². The predicted octanol–water partition coefficient (Wildman–Crippen LogP) is 1.49. The van der Waals surface area contributed by atoms with Crippen LogP contribution in [0.25, 0.3) is 0 Å². The molecule has 0 bridgehead atoms. The van der Waals surface area contributed by atoms with Crippen LogP contribution in [0.1, 0.15) is 17.4 Å². The van der Waals surface area contributed by atoms with Gasteiger partial charge in [-0.3, -0.25) is 9.59 Å². The van der Waals surface area contributed by atoms with Crippen LogP contribution < -0.4 is 10.9 Å². The molecular weight excluding hydrogens is 304 g/mol. The number of rotatable bonds is 5. The van der Waals surface area contributed by atoms with Gasteiger partial charge >= 0.3 is 0 Å². The molecule has 0 radical (unpaired) electrons. The average Bonchev–Trinajstić information content (AvgIpc) is 3.01. The van der Waals surface area contributed by atoms with Gasteiger partial charge in [-0.2, -0.15) is 0 Å². The molecule has 1 amide bonds. The molecule has 1 atom stereocenters. The van der Waals surface area contributed by atoms with Gasteiger partial charge in [0.15, 0.2) is 0 Å². The van der Waals surface area contributed by atoms with E-state index in [9.17, 15) is 9.59 Å². The second kappa shape index (κ2) is 6.95. The number of aromatic nitrogens is 3. The minimum absolute atomic E-state index is 0.0343. The van der Waals surface area contributed by atoms with Gasteiger partial charge in [-0.25, -0.2) is 4.98 Å². The first kappa shape index (κ1) is 15.7. The van der Waals surface area contributed by atoms with Crippen molar-refractivity contribution in [2.45, 2.75) is 12.6 Å². The van der Waals surface area contributed by atoms with Gasteiger partial charge in [0.2, 0.25) is 5.91 Å². The third-order valence-corrected chi connectivity index (χ3v) is 3.77. The number of amides is 1. The van der Waals surface area contributed by atoms with Crippen LogP contribution in [0.4, 0.5) is 0 Å². The Kier molecular flexibility index (Phi) is 4.56. The maximum Gasteiger partial charge on any atom is 0.250 e. The van der Waals surface area contributed by atoms with Crippen molar-refractivity contribution in [2.24, 2.45) is 7.05 Å². The molecule has 2 aromatic heterocycles. The molecule has 24 heavy (non-hydrogen) atoms. The fourth-order valence-electron chi connectivity index (χ4n) is 2.55. The first-order valence-electron chi connectivity index (χ1n) is 7.62. The van der Waals surface area contributed by atoms with E-state index in [4.69, 9.17) is 0 Å². The Labute approximate surface area is 139 Å². The molecule has 3 aromatic rings. The summed E-state index contributed by atoms with van der Waals surface area (Å²) in [6.07, 6.45) is 5.12. The van der Waals surface area contributed by atoms with Gasteiger partial charge in [0.25, 0.3) is 5.56 Å². The number of benzene rings is 1. The summed E-state index contributed by atoms with van der Waals surface area (Å²) in [7, 11) is 1.88. The Hall–Kier alpha value is -3.15. The summed E-state index contributed by atoms with van der Waals surface area (Å²) in [5.41, 5.74) is 0.724. The molecule has 0 aliphatic heterocycles. The van der Waals surface area contributed by atoms with Crippen molar-refractivity contribution in [1.29, 1.82) is 0 Å². The van der Waals surface area contributed by atoms with Crippen molar-refractivity contribution in [2.75, 3.05) is 0 Å². The number of pyridine rings is 1. The lowest BCUT2D eigenvalue weighted by molar-refractivity contribution is -0.122. The van der Waals surface area contributed by atoms with Crippen LogP contribution in [0.3, 0.4) is 0 Å². The van der Waals surface area contributed by atoms with Crippen molar-refractivity contribution in [1.82, 2.24) is 19.4 Å².